The average Bonchev–Trinajstić information content (AvgIpc) is 2.53. The third kappa shape index (κ3) is 8.94. The van der Waals surface area contributed by atoms with Crippen molar-refractivity contribution in [2.24, 2.45) is 10.9 Å². The molecule has 1 rings (SSSR count). The summed E-state index contributed by atoms with van der Waals surface area (Å²) in [5.74, 6) is 0.417. The zero-order valence-corrected chi connectivity index (χ0v) is 16.7. The zero-order valence-electron chi connectivity index (χ0n) is 14.4. The topological polar surface area (TPSA) is 65.5 Å². The number of nitrogens with one attached hydrogen (secondary N) is 3. The molecule has 0 spiro atoms. The van der Waals surface area contributed by atoms with Gasteiger partial charge in [-0.3, -0.25) is 9.79 Å². The maximum atomic E-state index is 12.5. The number of carbonyl (C=O) groups excluding carboxylic acids is 1. The van der Waals surface area contributed by atoms with Gasteiger partial charge in [-0.1, -0.05) is 26.0 Å². The van der Waals surface area contributed by atoms with Gasteiger partial charge < -0.3 is 16.0 Å². The predicted molar refractivity (Wildman–Crippen MR) is 103 cm³/mol. The highest BCUT2D eigenvalue weighted by molar-refractivity contribution is 14.0. The summed E-state index contributed by atoms with van der Waals surface area (Å²) in [5.41, 5.74) is 0.0358. The van der Waals surface area contributed by atoms with Gasteiger partial charge >= 0.3 is 6.18 Å². The Balaban J connectivity index is 0.00000576. The van der Waals surface area contributed by atoms with E-state index in [1.165, 1.54) is 12.1 Å². The van der Waals surface area contributed by atoms with E-state index >= 15 is 0 Å². The van der Waals surface area contributed by atoms with Crippen molar-refractivity contribution in [1.82, 2.24) is 16.0 Å². The third-order valence-electron chi connectivity index (χ3n) is 3.21. The van der Waals surface area contributed by atoms with Gasteiger partial charge in [0.1, 0.15) is 0 Å². The summed E-state index contributed by atoms with van der Waals surface area (Å²) in [4.78, 5) is 15.4. The largest absolute Gasteiger partial charge is 0.416 e. The van der Waals surface area contributed by atoms with Crippen molar-refractivity contribution in [3.05, 3.63) is 35.4 Å². The van der Waals surface area contributed by atoms with Crippen LogP contribution in [0, 0.1) is 5.92 Å². The Morgan fingerprint density at radius 2 is 1.64 bits per heavy atom. The quantitative estimate of drug-likeness (QED) is 0.258. The molecule has 5 nitrogen and oxygen atoms in total. The summed E-state index contributed by atoms with van der Waals surface area (Å²) in [7, 11) is 1.59. The highest BCUT2D eigenvalue weighted by Crippen LogP contribution is 2.28. The van der Waals surface area contributed by atoms with E-state index in [-0.39, 0.29) is 35.8 Å². The lowest BCUT2D eigenvalue weighted by Gasteiger charge is -2.13. The standard InChI is InChI=1S/C16H23F3N4O.HI/c1-11(2)14(24)21-8-9-22-15(20-3)23-10-12-4-6-13(7-5-12)16(17,18)19;/h4-7,11H,8-10H2,1-3H3,(H,21,24)(H2,20,22,23);1H. The van der Waals surface area contributed by atoms with E-state index in [2.05, 4.69) is 20.9 Å². The van der Waals surface area contributed by atoms with Crippen LogP contribution in [0.3, 0.4) is 0 Å². The lowest BCUT2D eigenvalue weighted by atomic mass is 10.1. The van der Waals surface area contributed by atoms with E-state index in [0.717, 1.165) is 12.1 Å². The van der Waals surface area contributed by atoms with Crippen molar-refractivity contribution in [3.63, 3.8) is 0 Å². The number of guanidine groups is 1. The number of hydrogen-bond donors (Lipinski definition) is 3. The minimum Gasteiger partial charge on any atom is -0.355 e. The molecule has 142 valence electrons. The van der Waals surface area contributed by atoms with E-state index in [0.29, 0.717) is 31.2 Å². The fourth-order valence-electron chi connectivity index (χ4n) is 1.79. The number of benzene rings is 1. The van der Waals surface area contributed by atoms with E-state index in [4.69, 9.17) is 0 Å². The van der Waals surface area contributed by atoms with Crippen LogP contribution in [-0.4, -0.2) is 32.0 Å². The molecular formula is C16H24F3IN4O. The summed E-state index contributed by atoms with van der Waals surface area (Å²) in [6.07, 6.45) is -4.33. The van der Waals surface area contributed by atoms with E-state index < -0.39 is 11.7 Å². The second-order valence-corrected chi connectivity index (χ2v) is 5.49. The van der Waals surface area contributed by atoms with Crippen LogP contribution < -0.4 is 16.0 Å². The normalized spacial score (nSPS) is 11.7. The molecule has 3 N–H and O–H groups in total. The Labute approximate surface area is 162 Å². The molecule has 0 aliphatic carbocycles. The monoisotopic (exact) mass is 472 g/mol. The van der Waals surface area contributed by atoms with Crippen LogP contribution in [-0.2, 0) is 17.5 Å². The van der Waals surface area contributed by atoms with Crippen molar-refractivity contribution in [1.29, 1.82) is 0 Å². The molecule has 1 aromatic rings. The van der Waals surface area contributed by atoms with Gasteiger partial charge in [0.2, 0.25) is 5.91 Å². The fourth-order valence-corrected chi connectivity index (χ4v) is 1.79. The van der Waals surface area contributed by atoms with Gasteiger partial charge in [0.15, 0.2) is 5.96 Å². The van der Waals surface area contributed by atoms with Crippen LogP contribution in [0.15, 0.2) is 29.3 Å². The molecule has 1 amide bonds. The lowest BCUT2D eigenvalue weighted by molar-refractivity contribution is -0.137. The number of aliphatic imine (C=N–C) groups is 1. The molecule has 0 saturated heterocycles. The molecule has 9 heteroatoms. The van der Waals surface area contributed by atoms with Crippen LogP contribution >= 0.6 is 24.0 Å². The first-order valence-corrected chi connectivity index (χ1v) is 7.62. The van der Waals surface area contributed by atoms with Gasteiger partial charge in [0, 0.05) is 32.6 Å². The van der Waals surface area contributed by atoms with Gasteiger partial charge in [-0.15, -0.1) is 24.0 Å². The van der Waals surface area contributed by atoms with Gasteiger partial charge in [0.25, 0.3) is 0 Å². The second kappa shape index (κ2) is 11.2. The lowest BCUT2D eigenvalue weighted by Crippen LogP contribution is -2.41. The molecule has 0 radical (unpaired) electrons. The molecule has 0 fully saturated rings. The van der Waals surface area contributed by atoms with Crippen LogP contribution in [0.25, 0.3) is 0 Å². The molecule has 0 heterocycles. The summed E-state index contributed by atoms with van der Waals surface area (Å²) in [5, 5.41) is 8.78. The summed E-state index contributed by atoms with van der Waals surface area (Å²) in [6, 6.07) is 4.95. The van der Waals surface area contributed by atoms with Crippen LogP contribution in [0.5, 0.6) is 0 Å². The first-order chi connectivity index (χ1) is 11.2. The SMILES string of the molecule is CN=C(NCCNC(=O)C(C)C)NCc1ccc(C(F)(F)F)cc1.I. The first kappa shape index (κ1) is 23.5. The van der Waals surface area contributed by atoms with Gasteiger partial charge in [-0.2, -0.15) is 13.2 Å². The molecular weight excluding hydrogens is 448 g/mol. The smallest absolute Gasteiger partial charge is 0.355 e. The molecule has 0 aliphatic rings. The van der Waals surface area contributed by atoms with Crippen molar-refractivity contribution < 1.29 is 18.0 Å². The Morgan fingerprint density at radius 3 is 2.12 bits per heavy atom. The molecule has 25 heavy (non-hydrogen) atoms. The number of alkyl halides is 3. The Kier molecular flexibility index (Phi) is 10.5. The molecule has 0 saturated carbocycles. The summed E-state index contributed by atoms with van der Waals surface area (Å²) < 4.78 is 37.5. The van der Waals surface area contributed by atoms with Crippen molar-refractivity contribution in [2.75, 3.05) is 20.1 Å². The van der Waals surface area contributed by atoms with Crippen molar-refractivity contribution in [3.8, 4) is 0 Å². The summed E-state index contributed by atoms with van der Waals surface area (Å²) >= 11 is 0. The van der Waals surface area contributed by atoms with Crippen molar-refractivity contribution >= 4 is 35.8 Å². The number of rotatable bonds is 6. The number of amides is 1. The number of hydrogen-bond acceptors (Lipinski definition) is 2. The van der Waals surface area contributed by atoms with Gasteiger partial charge in [-0.05, 0) is 17.7 Å². The minimum absolute atomic E-state index is 0. The molecule has 0 aromatic heterocycles. The fraction of sp³-hybridized carbons (Fsp3) is 0.500. The van der Waals surface area contributed by atoms with Crippen LogP contribution in [0.4, 0.5) is 13.2 Å². The summed E-state index contributed by atoms with van der Waals surface area (Å²) in [6.45, 7) is 4.92. The number of nitrogens with zero attached hydrogens (tertiary/aromatic N) is 1. The third-order valence-corrected chi connectivity index (χ3v) is 3.21. The zero-order chi connectivity index (χ0) is 18.2. The maximum absolute atomic E-state index is 12.5. The van der Waals surface area contributed by atoms with Gasteiger partial charge in [-0.25, -0.2) is 0 Å². The maximum Gasteiger partial charge on any atom is 0.416 e. The van der Waals surface area contributed by atoms with Crippen LogP contribution in [0.2, 0.25) is 0 Å². The van der Waals surface area contributed by atoms with Crippen LogP contribution in [0.1, 0.15) is 25.0 Å². The van der Waals surface area contributed by atoms with E-state index in [1.807, 2.05) is 13.8 Å². The number of halogens is 4. The Morgan fingerprint density at radius 1 is 1.08 bits per heavy atom. The molecule has 0 bridgehead atoms. The highest BCUT2D eigenvalue weighted by Gasteiger charge is 2.29. The van der Waals surface area contributed by atoms with E-state index in [9.17, 15) is 18.0 Å². The first-order valence-electron chi connectivity index (χ1n) is 7.62. The second-order valence-electron chi connectivity index (χ2n) is 5.49. The van der Waals surface area contributed by atoms with Gasteiger partial charge in [0.05, 0.1) is 5.56 Å². The molecule has 0 atom stereocenters. The minimum atomic E-state index is -4.33. The van der Waals surface area contributed by atoms with E-state index in [1.54, 1.807) is 7.05 Å². The predicted octanol–water partition coefficient (Wildman–Crippen LogP) is 2.76. The Bertz CT molecular complexity index is 559. The number of carbonyl (C=O) groups is 1. The average molecular weight is 472 g/mol. The molecule has 1 aromatic carbocycles. The molecule has 0 unspecified atom stereocenters. The molecule has 0 aliphatic heterocycles. The Hall–Kier alpha value is -1.52. The highest BCUT2D eigenvalue weighted by atomic mass is 127. The van der Waals surface area contributed by atoms with Crippen molar-refractivity contribution in [2.45, 2.75) is 26.6 Å².